The Morgan fingerprint density at radius 2 is 1.81 bits per heavy atom. The van der Waals surface area contributed by atoms with Crippen LogP contribution in [-0.2, 0) is 22.7 Å². The molecule has 4 nitrogen and oxygen atoms in total. The van der Waals surface area contributed by atoms with Gasteiger partial charge in [-0.1, -0.05) is 43.5 Å². The highest BCUT2D eigenvalue weighted by atomic mass is 16.5. The van der Waals surface area contributed by atoms with Gasteiger partial charge in [0.1, 0.15) is 0 Å². The Balaban J connectivity index is 1.83. The summed E-state index contributed by atoms with van der Waals surface area (Å²) < 4.78 is 5.36. The van der Waals surface area contributed by atoms with E-state index in [1.807, 2.05) is 31.2 Å². The molecule has 1 aromatic carbocycles. The standard InChI is InChI=1S/C17H26N2O2/c1-2-21-13-15-8-6-14(7-9-15)12-19-16(20)17(18)10-4-3-5-11-17/h6-9H,2-5,10-13,18H2,1H3,(H,19,20). The molecular weight excluding hydrogens is 264 g/mol. The van der Waals surface area contributed by atoms with Crippen molar-refractivity contribution >= 4 is 5.91 Å². The maximum atomic E-state index is 12.2. The minimum Gasteiger partial charge on any atom is -0.377 e. The zero-order valence-electron chi connectivity index (χ0n) is 12.9. The van der Waals surface area contributed by atoms with Crippen molar-refractivity contribution in [2.24, 2.45) is 5.73 Å². The number of nitrogens with one attached hydrogen (secondary N) is 1. The Labute approximate surface area is 127 Å². The number of hydrogen-bond acceptors (Lipinski definition) is 3. The first kappa shape index (κ1) is 16.0. The first-order valence-corrected chi connectivity index (χ1v) is 7.87. The van der Waals surface area contributed by atoms with Gasteiger partial charge in [-0.05, 0) is 30.9 Å². The molecule has 116 valence electrons. The van der Waals surface area contributed by atoms with Gasteiger partial charge >= 0.3 is 0 Å². The number of amides is 1. The van der Waals surface area contributed by atoms with Crippen LogP contribution in [0.2, 0.25) is 0 Å². The third-order valence-corrected chi connectivity index (χ3v) is 4.15. The van der Waals surface area contributed by atoms with Gasteiger partial charge in [0.05, 0.1) is 12.1 Å². The summed E-state index contributed by atoms with van der Waals surface area (Å²) in [6.45, 7) is 3.87. The molecule has 1 amide bonds. The Hall–Kier alpha value is -1.39. The summed E-state index contributed by atoms with van der Waals surface area (Å²) >= 11 is 0. The van der Waals surface area contributed by atoms with Gasteiger partial charge in [-0.15, -0.1) is 0 Å². The Morgan fingerprint density at radius 3 is 2.43 bits per heavy atom. The van der Waals surface area contributed by atoms with E-state index in [9.17, 15) is 4.79 Å². The molecule has 1 fully saturated rings. The number of carbonyl (C=O) groups excluding carboxylic acids is 1. The Bertz CT molecular complexity index is 450. The molecule has 0 bridgehead atoms. The van der Waals surface area contributed by atoms with Crippen molar-refractivity contribution in [2.45, 2.75) is 57.7 Å². The molecule has 0 radical (unpaired) electrons. The number of rotatable bonds is 6. The van der Waals surface area contributed by atoms with E-state index in [0.717, 1.165) is 43.4 Å². The first-order chi connectivity index (χ1) is 10.1. The molecule has 1 aromatic rings. The van der Waals surface area contributed by atoms with Gasteiger partial charge in [0.15, 0.2) is 0 Å². The summed E-state index contributed by atoms with van der Waals surface area (Å²) in [7, 11) is 0. The highest BCUT2D eigenvalue weighted by Crippen LogP contribution is 2.26. The third kappa shape index (κ3) is 4.55. The van der Waals surface area contributed by atoms with Crippen molar-refractivity contribution in [3.05, 3.63) is 35.4 Å². The lowest BCUT2D eigenvalue weighted by atomic mass is 9.82. The summed E-state index contributed by atoms with van der Waals surface area (Å²) in [6.07, 6.45) is 4.89. The summed E-state index contributed by atoms with van der Waals surface area (Å²) in [5.41, 5.74) is 7.79. The zero-order chi connectivity index (χ0) is 15.1. The molecule has 2 rings (SSSR count). The minimum absolute atomic E-state index is 0.0133. The van der Waals surface area contributed by atoms with Gasteiger partial charge in [0.2, 0.25) is 5.91 Å². The molecule has 3 N–H and O–H groups in total. The van der Waals surface area contributed by atoms with Crippen LogP contribution >= 0.6 is 0 Å². The first-order valence-electron chi connectivity index (χ1n) is 7.87. The zero-order valence-corrected chi connectivity index (χ0v) is 12.9. The highest BCUT2D eigenvalue weighted by Gasteiger charge is 2.34. The van der Waals surface area contributed by atoms with E-state index in [1.165, 1.54) is 6.42 Å². The smallest absolute Gasteiger partial charge is 0.240 e. The predicted molar refractivity (Wildman–Crippen MR) is 83.6 cm³/mol. The number of hydrogen-bond donors (Lipinski definition) is 2. The van der Waals surface area contributed by atoms with Gasteiger partial charge in [0.25, 0.3) is 0 Å². The lowest BCUT2D eigenvalue weighted by Gasteiger charge is -2.31. The van der Waals surface area contributed by atoms with Crippen molar-refractivity contribution in [3.8, 4) is 0 Å². The monoisotopic (exact) mass is 290 g/mol. The number of ether oxygens (including phenoxy) is 1. The molecule has 0 aromatic heterocycles. The van der Waals surface area contributed by atoms with Gasteiger partial charge in [-0.25, -0.2) is 0 Å². The average molecular weight is 290 g/mol. The van der Waals surface area contributed by atoms with Gasteiger partial charge in [-0.3, -0.25) is 4.79 Å². The van der Waals surface area contributed by atoms with E-state index in [-0.39, 0.29) is 5.91 Å². The fourth-order valence-corrected chi connectivity index (χ4v) is 2.74. The van der Waals surface area contributed by atoms with Gasteiger partial charge in [0, 0.05) is 13.2 Å². The molecule has 0 heterocycles. The quantitative estimate of drug-likeness (QED) is 0.846. The van der Waals surface area contributed by atoms with Crippen LogP contribution in [0.1, 0.15) is 50.2 Å². The SMILES string of the molecule is CCOCc1ccc(CNC(=O)C2(N)CCCCC2)cc1. The molecular formula is C17H26N2O2. The van der Waals surface area contributed by atoms with Crippen molar-refractivity contribution in [3.63, 3.8) is 0 Å². The molecule has 1 saturated carbocycles. The molecule has 4 heteroatoms. The second kappa shape index (κ2) is 7.57. The van der Waals surface area contributed by atoms with E-state index in [2.05, 4.69) is 5.32 Å². The highest BCUT2D eigenvalue weighted by molar-refractivity contribution is 5.86. The maximum Gasteiger partial charge on any atom is 0.240 e. The minimum atomic E-state index is -0.660. The third-order valence-electron chi connectivity index (χ3n) is 4.15. The summed E-state index contributed by atoms with van der Waals surface area (Å²) in [4.78, 5) is 12.2. The number of nitrogens with two attached hydrogens (primary N) is 1. The molecule has 0 unspecified atom stereocenters. The van der Waals surface area contributed by atoms with Gasteiger partial charge in [-0.2, -0.15) is 0 Å². The van der Waals surface area contributed by atoms with Crippen molar-refractivity contribution < 1.29 is 9.53 Å². The topological polar surface area (TPSA) is 64.3 Å². The molecule has 0 atom stereocenters. The maximum absolute atomic E-state index is 12.2. The Morgan fingerprint density at radius 1 is 1.19 bits per heavy atom. The number of benzene rings is 1. The van der Waals surface area contributed by atoms with E-state index >= 15 is 0 Å². The van der Waals surface area contributed by atoms with Crippen LogP contribution in [0.5, 0.6) is 0 Å². The van der Waals surface area contributed by atoms with Crippen LogP contribution in [-0.4, -0.2) is 18.1 Å². The van der Waals surface area contributed by atoms with Gasteiger partial charge < -0.3 is 15.8 Å². The van der Waals surface area contributed by atoms with Crippen molar-refractivity contribution in [1.29, 1.82) is 0 Å². The summed E-state index contributed by atoms with van der Waals surface area (Å²) in [6, 6.07) is 8.13. The van der Waals surface area contributed by atoms with Crippen molar-refractivity contribution in [2.75, 3.05) is 6.61 Å². The van der Waals surface area contributed by atoms with E-state index in [1.54, 1.807) is 0 Å². The second-order valence-corrected chi connectivity index (χ2v) is 5.85. The molecule has 1 aliphatic rings. The Kier molecular flexibility index (Phi) is 5.76. The lowest BCUT2D eigenvalue weighted by Crippen LogP contribution is -2.54. The van der Waals surface area contributed by atoms with E-state index in [0.29, 0.717) is 13.2 Å². The van der Waals surface area contributed by atoms with Crippen LogP contribution in [0, 0.1) is 0 Å². The predicted octanol–water partition coefficient (Wildman–Crippen LogP) is 2.50. The van der Waals surface area contributed by atoms with E-state index in [4.69, 9.17) is 10.5 Å². The van der Waals surface area contributed by atoms with Crippen LogP contribution in [0.3, 0.4) is 0 Å². The summed E-state index contributed by atoms with van der Waals surface area (Å²) in [5, 5.41) is 2.98. The second-order valence-electron chi connectivity index (χ2n) is 5.85. The molecule has 1 aliphatic carbocycles. The molecule has 0 spiro atoms. The fourth-order valence-electron chi connectivity index (χ4n) is 2.74. The average Bonchev–Trinajstić information content (AvgIpc) is 2.52. The fraction of sp³-hybridized carbons (Fsp3) is 0.588. The molecule has 0 aliphatic heterocycles. The van der Waals surface area contributed by atoms with Crippen LogP contribution in [0.4, 0.5) is 0 Å². The summed E-state index contributed by atoms with van der Waals surface area (Å²) in [5.74, 6) is -0.0133. The normalized spacial score (nSPS) is 17.4. The van der Waals surface area contributed by atoms with Crippen LogP contribution in [0.15, 0.2) is 24.3 Å². The molecule has 0 saturated heterocycles. The van der Waals surface area contributed by atoms with E-state index < -0.39 is 5.54 Å². The van der Waals surface area contributed by atoms with Crippen LogP contribution < -0.4 is 11.1 Å². The number of carbonyl (C=O) groups is 1. The lowest BCUT2D eigenvalue weighted by molar-refractivity contribution is -0.127. The van der Waals surface area contributed by atoms with Crippen LogP contribution in [0.25, 0.3) is 0 Å². The largest absolute Gasteiger partial charge is 0.377 e. The molecule has 21 heavy (non-hydrogen) atoms. The van der Waals surface area contributed by atoms with Crippen molar-refractivity contribution in [1.82, 2.24) is 5.32 Å².